The summed E-state index contributed by atoms with van der Waals surface area (Å²) in [4.78, 5) is 0. The quantitative estimate of drug-likeness (QED) is 0.755. The molecule has 1 heterocycles. The predicted octanol–water partition coefficient (Wildman–Crippen LogP) is 3.30. The summed E-state index contributed by atoms with van der Waals surface area (Å²) in [6.07, 6.45) is 4.04. The van der Waals surface area contributed by atoms with E-state index in [4.69, 9.17) is 0 Å². The van der Waals surface area contributed by atoms with Crippen LogP contribution in [-0.4, -0.2) is 23.1 Å². The molecule has 0 spiro atoms. The van der Waals surface area contributed by atoms with E-state index in [9.17, 15) is 0 Å². The van der Waals surface area contributed by atoms with Gasteiger partial charge in [-0.25, -0.2) is 0 Å². The highest BCUT2D eigenvalue weighted by Gasteiger charge is 2.29. The van der Waals surface area contributed by atoms with Gasteiger partial charge in [0, 0.05) is 17.3 Å². The van der Waals surface area contributed by atoms with Gasteiger partial charge in [-0.15, -0.1) is 0 Å². The molecule has 0 saturated carbocycles. The Bertz CT molecular complexity index is 162. The highest BCUT2D eigenvalue weighted by atomic mass is 32.2. The Kier molecular flexibility index (Phi) is 4.78. The fraction of sp³-hybridized carbons (Fsp3) is 1.00. The number of rotatable bonds is 5. The van der Waals surface area contributed by atoms with E-state index in [1.54, 1.807) is 0 Å². The van der Waals surface area contributed by atoms with E-state index >= 15 is 0 Å². The second-order valence-electron chi connectivity index (χ2n) is 5.04. The standard InChI is InChI=1S/C12H25NS/c1-5-11(10(2)3)13-9-12(4)7-6-8-14-12/h10-11,13H,5-9H2,1-4H3. The third-order valence-corrected chi connectivity index (χ3v) is 4.82. The number of thioether (sulfide) groups is 1. The van der Waals surface area contributed by atoms with Crippen molar-refractivity contribution in [1.29, 1.82) is 0 Å². The van der Waals surface area contributed by atoms with Crippen molar-refractivity contribution in [1.82, 2.24) is 5.32 Å². The largest absolute Gasteiger partial charge is 0.312 e. The van der Waals surface area contributed by atoms with Crippen LogP contribution in [0.2, 0.25) is 0 Å². The molecule has 0 aliphatic carbocycles. The third kappa shape index (κ3) is 3.47. The van der Waals surface area contributed by atoms with Crippen molar-refractivity contribution in [3.05, 3.63) is 0 Å². The molecule has 84 valence electrons. The molecular formula is C12H25NS. The van der Waals surface area contributed by atoms with Crippen molar-refractivity contribution in [3.63, 3.8) is 0 Å². The molecular weight excluding hydrogens is 190 g/mol. The molecule has 0 bridgehead atoms. The molecule has 1 aliphatic heterocycles. The maximum Gasteiger partial charge on any atom is 0.0256 e. The van der Waals surface area contributed by atoms with Crippen molar-refractivity contribution < 1.29 is 0 Å². The summed E-state index contributed by atoms with van der Waals surface area (Å²) in [5, 5.41) is 3.73. The zero-order valence-corrected chi connectivity index (χ0v) is 10.9. The first-order valence-electron chi connectivity index (χ1n) is 5.95. The first kappa shape index (κ1) is 12.4. The summed E-state index contributed by atoms with van der Waals surface area (Å²) in [6.45, 7) is 10.5. The Hall–Kier alpha value is 0.310. The van der Waals surface area contributed by atoms with E-state index < -0.39 is 0 Å². The molecule has 1 rings (SSSR count). The lowest BCUT2D eigenvalue weighted by Gasteiger charge is -2.28. The molecule has 0 amide bonds. The number of hydrogen-bond donors (Lipinski definition) is 1. The Labute approximate surface area is 93.4 Å². The van der Waals surface area contributed by atoms with Gasteiger partial charge in [0.2, 0.25) is 0 Å². The number of hydrogen-bond acceptors (Lipinski definition) is 2. The van der Waals surface area contributed by atoms with Gasteiger partial charge in [-0.05, 0) is 37.9 Å². The van der Waals surface area contributed by atoms with Gasteiger partial charge in [0.05, 0.1) is 0 Å². The molecule has 1 saturated heterocycles. The predicted molar refractivity (Wildman–Crippen MR) is 67.0 cm³/mol. The van der Waals surface area contributed by atoms with Gasteiger partial charge in [0.25, 0.3) is 0 Å². The van der Waals surface area contributed by atoms with E-state index in [2.05, 4.69) is 44.8 Å². The van der Waals surface area contributed by atoms with Gasteiger partial charge in [0.1, 0.15) is 0 Å². The normalized spacial score (nSPS) is 29.8. The van der Waals surface area contributed by atoms with Crippen LogP contribution in [0.5, 0.6) is 0 Å². The zero-order valence-electron chi connectivity index (χ0n) is 10.1. The Morgan fingerprint density at radius 2 is 2.14 bits per heavy atom. The zero-order chi connectivity index (χ0) is 10.6. The first-order valence-corrected chi connectivity index (χ1v) is 6.93. The molecule has 0 aromatic rings. The minimum atomic E-state index is 0.516. The minimum Gasteiger partial charge on any atom is -0.312 e. The molecule has 14 heavy (non-hydrogen) atoms. The molecule has 1 fully saturated rings. The lowest BCUT2D eigenvalue weighted by atomic mass is 9.99. The number of nitrogens with one attached hydrogen (secondary N) is 1. The van der Waals surface area contributed by atoms with E-state index in [1.165, 1.54) is 31.6 Å². The molecule has 0 radical (unpaired) electrons. The fourth-order valence-corrected chi connectivity index (χ4v) is 3.43. The molecule has 1 N–H and O–H groups in total. The summed E-state index contributed by atoms with van der Waals surface area (Å²) in [5.41, 5.74) is 0. The highest BCUT2D eigenvalue weighted by Crippen LogP contribution is 2.37. The van der Waals surface area contributed by atoms with Gasteiger partial charge in [0.15, 0.2) is 0 Å². The topological polar surface area (TPSA) is 12.0 Å². The third-order valence-electron chi connectivity index (χ3n) is 3.28. The lowest BCUT2D eigenvalue weighted by Crippen LogP contribution is -2.41. The van der Waals surface area contributed by atoms with Crippen LogP contribution >= 0.6 is 11.8 Å². The van der Waals surface area contributed by atoms with Crippen LogP contribution < -0.4 is 5.32 Å². The average molecular weight is 215 g/mol. The molecule has 1 nitrogen and oxygen atoms in total. The summed E-state index contributed by atoms with van der Waals surface area (Å²) < 4.78 is 0.516. The Balaban J connectivity index is 2.30. The SMILES string of the molecule is CCC(NCC1(C)CCCS1)C(C)C. The maximum absolute atomic E-state index is 3.73. The first-order chi connectivity index (χ1) is 6.57. The Morgan fingerprint density at radius 1 is 1.43 bits per heavy atom. The van der Waals surface area contributed by atoms with Gasteiger partial charge in [-0.2, -0.15) is 11.8 Å². The van der Waals surface area contributed by atoms with Crippen LogP contribution in [0.3, 0.4) is 0 Å². The van der Waals surface area contributed by atoms with Crippen LogP contribution in [0.4, 0.5) is 0 Å². The van der Waals surface area contributed by atoms with Crippen molar-refractivity contribution in [2.75, 3.05) is 12.3 Å². The van der Waals surface area contributed by atoms with Gasteiger partial charge < -0.3 is 5.32 Å². The Morgan fingerprint density at radius 3 is 2.57 bits per heavy atom. The lowest BCUT2D eigenvalue weighted by molar-refractivity contribution is 0.370. The smallest absolute Gasteiger partial charge is 0.0256 e. The van der Waals surface area contributed by atoms with Crippen molar-refractivity contribution >= 4 is 11.8 Å². The van der Waals surface area contributed by atoms with Gasteiger partial charge in [-0.1, -0.05) is 20.8 Å². The van der Waals surface area contributed by atoms with Gasteiger partial charge >= 0.3 is 0 Å². The summed E-state index contributed by atoms with van der Waals surface area (Å²) in [5.74, 6) is 2.12. The van der Waals surface area contributed by atoms with E-state index in [-0.39, 0.29) is 0 Å². The molecule has 0 aromatic heterocycles. The second-order valence-corrected chi connectivity index (χ2v) is 6.72. The minimum absolute atomic E-state index is 0.516. The van der Waals surface area contributed by atoms with Crippen molar-refractivity contribution in [3.8, 4) is 0 Å². The van der Waals surface area contributed by atoms with Crippen LogP contribution in [0.25, 0.3) is 0 Å². The maximum atomic E-state index is 3.73. The van der Waals surface area contributed by atoms with Crippen LogP contribution in [-0.2, 0) is 0 Å². The van der Waals surface area contributed by atoms with Crippen LogP contribution in [0.15, 0.2) is 0 Å². The molecule has 1 aliphatic rings. The second kappa shape index (κ2) is 5.41. The molecule has 2 atom stereocenters. The van der Waals surface area contributed by atoms with E-state index in [0.717, 1.165) is 5.92 Å². The fourth-order valence-electron chi connectivity index (χ4n) is 2.17. The van der Waals surface area contributed by atoms with Crippen molar-refractivity contribution in [2.45, 2.75) is 57.7 Å². The molecule has 2 unspecified atom stereocenters. The highest BCUT2D eigenvalue weighted by molar-refractivity contribution is 8.00. The average Bonchev–Trinajstić information content (AvgIpc) is 2.53. The molecule has 0 aromatic carbocycles. The summed E-state index contributed by atoms with van der Waals surface area (Å²) in [7, 11) is 0. The van der Waals surface area contributed by atoms with Crippen LogP contribution in [0.1, 0.15) is 47.0 Å². The summed E-state index contributed by atoms with van der Waals surface area (Å²) >= 11 is 2.15. The molecule has 2 heteroatoms. The van der Waals surface area contributed by atoms with E-state index in [0.29, 0.717) is 10.8 Å². The van der Waals surface area contributed by atoms with Crippen LogP contribution in [0, 0.1) is 5.92 Å². The van der Waals surface area contributed by atoms with Gasteiger partial charge in [-0.3, -0.25) is 0 Å². The monoisotopic (exact) mass is 215 g/mol. The summed E-state index contributed by atoms with van der Waals surface area (Å²) in [6, 6.07) is 0.702. The van der Waals surface area contributed by atoms with E-state index in [1.807, 2.05) is 0 Å². The van der Waals surface area contributed by atoms with Crippen molar-refractivity contribution in [2.24, 2.45) is 5.92 Å².